The summed E-state index contributed by atoms with van der Waals surface area (Å²) in [6.07, 6.45) is 1.95. The number of carboxylic acid groups (broad SMARTS) is 2. The number of thioether (sulfide) groups is 1. The Balaban J connectivity index is 2.56. The zero-order chi connectivity index (χ0) is 33.7. The maximum atomic E-state index is 13.3. The maximum absolute atomic E-state index is 13.3. The molecule has 0 aromatic heterocycles. The minimum Gasteiger partial charge on any atom is -0.480 e. The smallest absolute Gasteiger partial charge is 0.319 e. The third kappa shape index (κ3) is 6.88. The molecule has 0 saturated carbocycles. The summed E-state index contributed by atoms with van der Waals surface area (Å²) in [5.74, 6) is -2.98. The molecular formula is C32H58N4O6S. The van der Waals surface area contributed by atoms with E-state index in [-0.39, 0.29) is 23.7 Å². The fourth-order valence-electron chi connectivity index (χ4n) is 9.16. The fourth-order valence-corrected chi connectivity index (χ4v) is 10.9. The van der Waals surface area contributed by atoms with Crippen molar-refractivity contribution in [3.8, 4) is 0 Å². The molecule has 43 heavy (non-hydrogen) atoms. The Kier molecular flexibility index (Phi) is 10.6. The minimum atomic E-state index is -1.41. The van der Waals surface area contributed by atoms with Gasteiger partial charge >= 0.3 is 11.9 Å². The van der Waals surface area contributed by atoms with E-state index < -0.39 is 55.7 Å². The summed E-state index contributed by atoms with van der Waals surface area (Å²) in [6.45, 7) is 23.4. The van der Waals surface area contributed by atoms with E-state index >= 15 is 0 Å². The van der Waals surface area contributed by atoms with Crippen molar-refractivity contribution in [2.24, 2.45) is 11.8 Å². The number of hydrogen-bond acceptors (Lipinski definition) is 7. The number of nitrogens with one attached hydrogen (secondary N) is 2. The molecule has 2 aliphatic heterocycles. The molecule has 0 aromatic carbocycles. The monoisotopic (exact) mass is 626 g/mol. The van der Waals surface area contributed by atoms with Crippen molar-refractivity contribution in [2.45, 2.75) is 153 Å². The van der Waals surface area contributed by atoms with Crippen LogP contribution < -0.4 is 10.6 Å². The molecule has 2 amide bonds. The van der Waals surface area contributed by atoms with Gasteiger partial charge in [0.1, 0.15) is 9.49 Å². The summed E-state index contributed by atoms with van der Waals surface area (Å²) in [7, 11) is 3.23. The van der Waals surface area contributed by atoms with E-state index in [0.29, 0.717) is 25.7 Å². The van der Waals surface area contributed by atoms with Crippen LogP contribution in [0.1, 0.15) is 109 Å². The van der Waals surface area contributed by atoms with Gasteiger partial charge < -0.3 is 20.8 Å². The summed E-state index contributed by atoms with van der Waals surface area (Å²) in [6, 6.07) is -0.841. The first-order chi connectivity index (χ1) is 19.2. The van der Waals surface area contributed by atoms with Gasteiger partial charge in [0.25, 0.3) is 0 Å². The van der Waals surface area contributed by atoms with E-state index in [0.717, 1.165) is 11.8 Å². The second kappa shape index (κ2) is 12.2. The van der Waals surface area contributed by atoms with Gasteiger partial charge in [-0.2, -0.15) is 0 Å². The first-order valence-corrected chi connectivity index (χ1v) is 16.3. The maximum Gasteiger partial charge on any atom is 0.319 e. The van der Waals surface area contributed by atoms with E-state index in [4.69, 9.17) is 0 Å². The van der Waals surface area contributed by atoms with Crippen molar-refractivity contribution in [2.75, 3.05) is 14.1 Å². The van der Waals surface area contributed by atoms with Crippen LogP contribution in [0.3, 0.4) is 0 Å². The van der Waals surface area contributed by atoms with Crippen LogP contribution in [0.5, 0.6) is 0 Å². The Morgan fingerprint density at radius 3 is 1.07 bits per heavy atom. The number of likely N-dealkylation sites (N-methyl/N-ethyl adjacent to an activating group) is 2. The Morgan fingerprint density at radius 1 is 0.651 bits per heavy atom. The zero-order valence-electron chi connectivity index (χ0n) is 29.0. The molecule has 11 heteroatoms. The van der Waals surface area contributed by atoms with Crippen molar-refractivity contribution in [3.63, 3.8) is 0 Å². The highest BCUT2D eigenvalue weighted by atomic mass is 32.2. The second-order valence-electron chi connectivity index (χ2n) is 15.7. The van der Waals surface area contributed by atoms with Crippen LogP contribution in [-0.2, 0) is 19.2 Å². The van der Waals surface area contributed by atoms with Crippen LogP contribution in [-0.4, -0.2) is 102 Å². The molecule has 0 bridgehead atoms. The van der Waals surface area contributed by atoms with Gasteiger partial charge in [-0.3, -0.25) is 29.0 Å². The van der Waals surface area contributed by atoms with Crippen LogP contribution in [0, 0.1) is 11.8 Å². The summed E-state index contributed by atoms with van der Waals surface area (Å²) in [5, 5.41) is 27.1. The minimum absolute atomic E-state index is 0.101. The van der Waals surface area contributed by atoms with Crippen LogP contribution in [0.4, 0.5) is 0 Å². The lowest BCUT2D eigenvalue weighted by Crippen LogP contribution is -2.69. The van der Waals surface area contributed by atoms with E-state index in [1.807, 2.05) is 69.2 Å². The number of aliphatic carboxylic acids is 2. The SMILES string of the molecule is CNC(=O)C(C)N1C(C)(C)CC(C(C)(SC(C)(C(=O)O)C2CC(C)(C)N(C(C)C(=O)NC)C(C)(C)C2)C(=O)O)CC1(C)C. The van der Waals surface area contributed by atoms with Crippen LogP contribution in [0.2, 0.25) is 0 Å². The molecule has 4 N–H and O–H groups in total. The van der Waals surface area contributed by atoms with E-state index in [1.54, 1.807) is 27.9 Å². The number of carbonyl (C=O) groups excluding carboxylic acids is 2. The number of carboxylic acids is 2. The van der Waals surface area contributed by atoms with E-state index in [9.17, 15) is 29.4 Å². The summed E-state index contributed by atoms with van der Waals surface area (Å²) in [4.78, 5) is 56.2. The van der Waals surface area contributed by atoms with Gasteiger partial charge in [0.15, 0.2) is 0 Å². The molecule has 0 aromatic rings. The van der Waals surface area contributed by atoms with Gasteiger partial charge in [-0.25, -0.2) is 0 Å². The second-order valence-corrected chi connectivity index (χ2v) is 17.6. The third-order valence-corrected chi connectivity index (χ3v) is 12.3. The number of carbonyl (C=O) groups is 4. The van der Waals surface area contributed by atoms with E-state index in [1.165, 1.54) is 0 Å². The third-order valence-electron chi connectivity index (χ3n) is 10.5. The van der Waals surface area contributed by atoms with Gasteiger partial charge in [0, 0.05) is 36.3 Å². The largest absolute Gasteiger partial charge is 0.480 e. The standard InChI is InChI=1S/C32H58N4O6S/c1-19(23(37)33-13)35-27(3,4)15-21(16-28(35,5)6)31(11,25(39)40)43-32(12,26(41)42)22-17-29(7,8)36(30(9,10)18-22)20(2)24(38)34-14/h19-22H,15-18H2,1-14H3,(H,33,37)(H,34,38)(H,39,40)(H,41,42). The molecule has 2 rings (SSSR count). The molecule has 248 valence electrons. The predicted octanol–water partition coefficient (Wildman–Crippen LogP) is 4.21. The molecule has 2 aliphatic rings. The number of rotatable bonds is 10. The van der Waals surface area contributed by atoms with Crippen LogP contribution in [0.25, 0.3) is 0 Å². The Labute approximate surface area is 263 Å². The average molecular weight is 627 g/mol. The van der Waals surface area contributed by atoms with Crippen molar-refractivity contribution >= 4 is 35.5 Å². The molecular weight excluding hydrogens is 568 g/mol. The average Bonchev–Trinajstić information content (AvgIpc) is 2.83. The summed E-state index contributed by atoms with van der Waals surface area (Å²) in [5.41, 5.74) is -2.11. The number of amides is 2. The number of piperidine rings is 2. The Hall–Kier alpha value is -1.85. The Bertz CT molecular complexity index is 987. The fraction of sp³-hybridized carbons (Fsp3) is 0.875. The number of nitrogens with zero attached hydrogens (tertiary/aromatic N) is 2. The zero-order valence-corrected chi connectivity index (χ0v) is 29.8. The molecule has 10 nitrogen and oxygen atoms in total. The normalized spacial score (nSPS) is 26.7. The highest BCUT2D eigenvalue weighted by molar-refractivity contribution is 8.03. The first kappa shape index (κ1) is 37.3. The van der Waals surface area contributed by atoms with Gasteiger partial charge in [-0.1, -0.05) is 0 Å². The lowest BCUT2D eigenvalue weighted by molar-refractivity contribution is -0.150. The van der Waals surface area contributed by atoms with Crippen LogP contribution in [0.15, 0.2) is 0 Å². The lowest BCUT2D eigenvalue weighted by atomic mass is 9.68. The molecule has 0 radical (unpaired) electrons. The molecule has 2 saturated heterocycles. The molecule has 2 fully saturated rings. The van der Waals surface area contributed by atoms with Gasteiger partial charge in [-0.05, 0) is 121 Å². The quantitative estimate of drug-likeness (QED) is 0.281. The molecule has 0 spiro atoms. The highest BCUT2D eigenvalue weighted by Gasteiger charge is 2.61. The van der Waals surface area contributed by atoms with Crippen LogP contribution >= 0.6 is 11.8 Å². The molecule has 4 atom stereocenters. The van der Waals surface area contributed by atoms with E-state index in [2.05, 4.69) is 20.4 Å². The van der Waals surface area contributed by atoms with Crippen molar-refractivity contribution in [1.29, 1.82) is 0 Å². The summed E-state index contributed by atoms with van der Waals surface area (Å²) >= 11 is 1.07. The van der Waals surface area contributed by atoms with Gasteiger partial charge in [-0.15, -0.1) is 11.8 Å². The van der Waals surface area contributed by atoms with Gasteiger partial charge in [0.2, 0.25) is 11.8 Å². The predicted molar refractivity (Wildman–Crippen MR) is 172 cm³/mol. The van der Waals surface area contributed by atoms with Gasteiger partial charge in [0.05, 0.1) is 12.1 Å². The molecule has 0 aliphatic carbocycles. The topological polar surface area (TPSA) is 139 Å². The summed E-state index contributed by atoms with van der Waals surface area (Å²) < 4.78 is -2.82. The van der Waals surface area contributed by atoms with Crippen molar-refractivity contribution in [3.05, 3.63) is 0 Å². The van der Waals surface area contributed by atoms with Crippen molar-refractivity contribution < 1.29 is 29.4 Å². The first-order valence-electron chi connectivity index (χ1n) is 15.4. The van der Waals surface area contributed by atoms with Crippen molar-refractivity contribution in [1.82, 2.24) is 20.4 Å². The number of hydrogen-bond donors (Lipinski definition) is 4. The Morgan fingerprint density at radius 2 is 0.884 bits per heavy atom. The number of likely N-dealkylation sites (tertiary alicyclic amines) is 2. The highest BCUT2D eigenvalue weighted by Crippen LogP contribution is 2.57. The lowest BCUT2D eigenvalue weighted by Gasteiger charge is -2.61. The molecule has 4 unspecified atom stereocenters. The molecule has 2 heterocycles.